The smallest absolute Gasteiger partial charge is 0.294 e. The van der Waals surface area contributed by atoms with Crippen LogP contribution in [0, 0.1) is 35.8 Å². The summed E-state index contributed by atoms with van der Waals surface area (Å²) in [7, 11) is 0. The Bertz CT molecular complexity index is 1740. The van der Waals surface area contributed by atoms with Crippen LogP contribution in [0.5, 0.6) is 0 Å². The minimum Gasteiger partial charge on any atom is -0.370 e. The number of hydrogen-bond donors (Lipinski definition) is 0. The largest absolute Gasteiger partial charge is 0.370 e. The molecule has 0 saturated carbocycles. The highest BCUT2D eigenvalue weighted by molar-refractivity contribution is 6.28. The van der Waals surface area contributed by atoms with Crippen molar-refractivity contribution in [1.29, 1.82) is 10.5 Å². The summed E-state index contributed by atoms with van der Waals surface area (Å²) in [6, 6.07) is 15.3. The van der Waals surface area contributed by atoms with E-state index in [2.05, 4.69) is 29.6 Å². The van der Waals surface area contributed by atoms with Gasteiger partial charge in [0.05, 0.1) is 0 Å². The molecule has 0 radical (unpaired) electrons. The van der Waals surface area contributed by atoms with Crippen molar-refractivity contribution in [3.05, 3.63) is 70.6 Å². The Kier molecular flexibility index (Phi) is 3.49. The lowest BCUT2D eigenvalue weighted by Crippen LogP contribution is -1.99. The monoisotopic (exact) mass is 382 g/mol. The van der Waals surface area contributed by atoms with Crippen LogP contribution in [0.15, 0.2) is 36.4 Å². The molecule has 5 rings (SSSR count). The van der Waals surface area contributed by atoms with Crippen molar-refractivity contribution >= 4 is 55.2 Å². The van der Waals surface area contributed by atoms with Crippen molar-refractivity contribution in [2.45, 2.75) is 0 Å². The second-order valence-electron chi connectivity index (χ2n) is 6.34. The minimum absolute atomic E-state index is 0.0882. The number of nitrogens with zero attached hydrogens (tertiary/aromatic N) is 8. The number of rotatable bonds is 0. The Balaban J connectivity index is 2.19. The maximum Gasteiger partial charge on any atom is 0.294 e. The lowest BCUT2D eigenvalue weighted by Gasteiger charge is -2.09. The Hall–Kier alpha value is -5.18. The molecule has 0 aliphatic rings. The summed E-state index contributed by atoms with van der Waals surface area (Å²) in [5.41, 5.74) is 1.09. The zero-order valence-corrected chi connectivity index (χ0v) is 15.0. The summed E-state index contributed by atoms with van der Waals surface area (Å²) in [5, 5.41) is 22.1. The molecule has 2 heterocycles. The zero-order chi connectivity index (χ0) is 20.8. The third-order valence-corrected chi connectivity index (χ3v) is 4.82. The van der Waals surface area contributed by atoms with Gasteiger partial charge in [0.2, 0.25) is 11.0 Å². The molecule has 0 spiro atoms. The number of nitriles is 2. The molecule has 0 saturated heterocycles. The van der Waals surface area contributed by atoms with Crippen LogP contribution in [0.3, 0.4) is 0 Å². The average molecular weight is 382 g/mol. The highest BCUT2D eigenvalue weighted by Crippen LogP contribution is 2.38. The summed E-state index contributed by atoms with van der Waals surface area (Å²) in [6.45, 7) is 14.7. The van der Waals surface area contributed by atoms with Crippen molar-refractivity contribution in [3.8, 4) is 12.1 Å². The van der Waals surface area contributed by atoms with Crippen LogP contribution in [0.25, 0.3) is 53.3 Å². The van der Waals surface area contributed by atoms with Gasteiger partial charge in [-0.2, -0.15) is 10.5 Å². The molecule has 8 heteroatoms. The van der Waals surface area contributed by atoms with Crippen LogP contribution in [0.1, 0.15) is 11.4 Å². The highest BCUT2D eigenvalue weighted by atomic mass is 15.0. The van der Waals surface area contributed by atoms with Gasteiger partial charge in [0.25, 0.3) is 11.6 Å². The second kappa shape index (κ2) is 6.17. The summed E-state index contributed by atoms with van der Waals surface area (Å²) in [5.74, 6) is -0.253. The summed E-state index contributed by atoms with van der Waals surface area (Å²) < 4.78 is 0. The first-order valence-corrected chi connectivity index (χ1v) is 8.62. The van der Waals surface area contributed by atoms with Crippen LogP contribution in [-0.4, -0.2) is 19.9 Å². The van der Waals surface area contributed by atoms with Gasteiger partial charge in [-0.15, -0.1) is 9.97 Å². The van der Waals surface area contributed by atoms with E-state index in [1.807, 2.05) is 48.5 Å². The maximum absolute atomic E-state index is 9.45. The molecule has 0 bridgehead atoms. The van der Waals surface area contributed by atoms with Gasteiger partial charge in [-0.05, 0) is 16.8 Å². The van der Waals surface area contributed by atoms with Gasteiger partial charge in [0.15, 0.2) is 11.4 Å². The van der Waals surface area contributed by atoms with Gasteiger partial charge in [0, 0.05) is 10.8 Å². The topological polar surface area (TPSA) is 108 Å². The van der Waals surface area contributed by atoms with Crippen molar-refractivity contribution in [3.63, 3.8) is 0 Å². The van der Waals surface area contributed by atoms with E-state index in [-0.39, 0.29) is 34.1 Å². The first kappa shape index (κ1) is 17.0. The van der Waals surface area contributed by atoms with Gasteiger partial charge < -0.3 is 9.69 Å². The van der Waals surface area contributed by atoms with Crippen molar-refractivity contribution < 1.29 is 0 Å². The fourth-order valence-corrected chi connectivity index (χ4v) is 3.58. The molecule has 5 aromatic rings. The van der Waals surface area contributed by atoms with Gasteiger partial charge in [-0.3, -0.25) is 0 Å². The Morgan fingerprint density at radius 3 is 1.93 bits per heavy atom. The van der Waals surface area contributed by atoms with E-state index in [1.165, 1.54) is 0 Å². The zero-order valence-electron chi connectivity index (χ0n) is 15.0. The van der Waals surface area contributed by atoms with Gasteiger partial charge in [0.1, 0.15) is 23.2 Å². The van der Waals surface area contributed by atoms with E-state index in [9.17, 15) is 10.5 Å². The van der Waals surface area contributed by atoms with Gasteiger partial charge in [-0.25, -0.2) is 9.97 Å². The third-order valence-electron chi connectivity index (χ3n) is 4.82. The summed E-state index contributed by atoms with van der Waals surface area (Å²) in [6.07, 6.45) is 0. The highest BCUT2D eigenvalue weighted by Gasteiger charge is 2.24. The lowest BCUT2D eigenvalue weighted by molar-refractivity contribution is 1.20. The van der Waals surface area contributed by atoms with Crippen molar-refractivity contribution in [2.24, 2.45) is 0 Å². The Labute approximate surface area is 168 Å². The van der Waals surface area contributed by atoms with E-state index in [4.69, 9.17) is 13.1 Å². The molecule has 0 unspecified atom stereocenters. The van der Waals surface area contributed by atoms with Gasteiger partial charge >= 0.3 is 0 Å². The quantitative estimate of drug-likeness (QED) is 0.283. The maximum atomic E-state index is 9.45. The standard InChI is InChI=1S/C22H6N8/c1-25-21-22(26-2)30-19-17(29-21)13-8-7-11-5-3-4-6-12(11)16(13)18-20(19)28-15(10-24)14(9-23)27-18/h3-8H. The van der Waals surface area contributed by atoms with Crippen LogP contribution < -0.4 is 0 Å². The minimum atomic E-state index is -0.149. The molecule has 0 N–H and O–H groups in total. The SMILES string of the molecule is [C-]#[N+]c1nc2c3ccc4ccccc4c3c3nc(C#N)c(C#N)nc3c2nc1[N+]#[C-]. The number of fused-ring (bicyclic) bond motifs is 8. The van der Waals surface area contributed by atoms with Crippen molar-refractivity contribution in [1.82, 2.24) is 19.9 Å². The molecule has 0 atom stereocenters. The molecular formula is C22H6N8. The second-order valence-corrected chi connectivity index (χ2v) is 6.34. The first-order valence-electron chi connectivity index (χ1n) is 8.62. The molecule has 0 aliphatic carbocycles. The summed E-state index contributed by atoms with van der Waals surface area (Å²) >= 11 is 0. The van der Waals surface area contributed by atoms with Crippen LogP contribution >= 0.6 is 0 Å². The molecule has 134 valence electrons. The number of benzene rings is 3. The number of hydrogen-bond acceptors (Lipinski definition) is 6. The molecule has 30 heavy (non-hydrogen) atoms. The molecule has 0 fully saturated rings. The van der Waals surface area contributed by atoms with E-state index < -0.39 is 0 Å². The fraction of sp³-hybridized carbons (Fsp3) is 0. The Morgan fingerprint density at radius 2 is 1.27 bits per heavy atom. The van der Waals surface area contributed by atoms with Crippen molar-refractivity contribution in [2.75, 3.05) is 0 Å². The molecule has 2 aromatic heterocycles. The predicted molar refractivity (Wildman–Crippen MR) is 110 cm³/mol. The average Bonchev–Trinajstić information content (AvgIpc) is 2.81. The molecular weight excluding hydrogens is 376 g/mol. The predicted octanol–water partition coefficient (Wildman–Crippen LogP) is 4.72. The van der Waals surface area contributed by atoms with Crippen LogP contribution in [-0.2, 0) is 0 Å². The van der Waals surface area contributed by atoms with Crippen LogP contribution in [0.2, 0.25) is 0 Å². The molecule has 0 aliphatic heterocycles. The fourth-order valence-electron chi connectivity index (χ4n) is 3.58. The van der Waals surface area contributed by atoms with E-state index in [0.717, 1.165) is 10.8 Å². The molecule has 0 amide bonds. The molecule has 3 aromatic carbocycles. The normalized spacial score (nSPS) is 10.5. The first-order chi connectivity index (χ1) is 14.7. The van der Waals surface area contributed by atoms with Gasteiger partial charge in [-0.1, -0.05) is 43.5 Å². The lowest BCUT2D eigenvalue weighted by atomic mass is 9.98. The van der Waals surface area contributed by atoms with E-state index in [0.29, 0.717) is 21.8 Å². The third kappa shape index (κ3) is 2.17. The van der Waals surface area contributed by atoms with E-state index in [1.54, 1.807) is 0 Å². The van der Waals surface area contributed by atoms with Crippen LogP contribution in [0.4, 0.5) is 11.6 Å². The van der Waals surface area contributed by atoms with E-state index >= 15 is 0 Å². The summed E-state index contributed by atoms with van der Waals surface area (Å²) in [4.78, 5) is 24.2. The number of aromatic nitrogens is 4. The Morgan fingerprint density at radius 1 is 0.667 bits per heavy atom. The molecule has 8 nitrogen and oxygen atoms in total.